The average Bonchev–Trinajstić information content (AvgIpc) is 2.23. The zero-order valence-electron chi connectivity index (χ0n) is 7.23. The van der Waals surface area contributed by atoms with Crippen LogP contribution in [0.25, 0.3) is 0 Å². The zero-order valence-corrected chi connectivity index (χ0v) is 7.23. The molecule has 4 nitrogen and oxygen atoms in total. The van der Waals surface area contributed by atoms with Crippen LogP contribution >= 0.6 is 0 Å². The van der Waals surface area contributed by atoms with Gasteiger partial charge in [0.25, 0.3) is 0 Å². The lowest BCUT2D eigenvalue weighted by Gasteiger charge is -2.13. The number of Topliss-reactive ketones (excluding diaryl/α,β-unsaturated/α-hetero) is 2. The molecule has 0 atom stereocenters. The number of nitrogens with zero attached hydrogens (tertiary/aromatic N) is 1. The Kier molecular flexibility index (Phi) is 1.89. The SMILES string of the molecule is O=C1CC(=NO)C(=O)c2ccccc21. The maximum Gasteiger partial charge on any atom is 0.211 e. The van der Waals surface area contributed by atoms with Gasteiger partial charge < -0.3 is 5.21 Å². The lowest BCUT2D eigenvalue weighted by Crippen LogP contribution is -2.26. The Hall–Kier alpha value is -1.97. The Balaban J connectivity index is 2.63. The summed E-state index contributed by atoms with van der Waals surface area (Å²) in [6.07, 6.45) is -0.119. The highest BCUT2D eigenvalue weighted by Gasteiger charge is 2.28. The molecule has 4 heteroatoms. The summed E-state index contributed by atoms with van der Waals surface area (Å²) in [6, 6.07) is 6.53. The maximum atomic E-state index is 11.6. The summed E-state index contributed by atoms with van der Waals surface area (Å²) in [6.45, 7) is 0. The number of fused-ring (bicyclic) bond motifs is 1. The van der Waals surface area contributed by atoms with Crippen LogP contribution in [0.1, 0.15) is 27.1 Å². The lowest BCUT2D eigenvalue weighted by atomic mass is 9.88. The first-order valence-corrected chi connectivity index (χ1v) is 4.12. The highest BCUT2D eigenvalue weighted by atomic mass is 16.4. The highest BCUT2D eigenvalue weighted by molar-refractivity contribution is 6.52. The van der Waals surface area contributed by atoms with Gasteiger partial charge in [0.2, 0.25) is 5.78 Å². The molecule has 1 aromatic rings. The third-order valence-electron chi connectivity index (χ3n) is 2.18. The van der Waals surface area contributed by atoms with Gasteiger partial charge in [0.15, 0.2) is 5.78 Å². The van der Waals surface area contributed by atoms with Gasteiger partial charge >= 0.3 is 0 Å². The third-order valence-corrected chi connectivity index (χ3v) is 2.18. The van der Waals surface area contributed by atoms with Crippen LogP contribution in [-0.4, -0.2) is 22.5 Å². The van der Waals surface area contributed by atoms with E-state index in [2.05, 4.69) is 5.16 Å². The Bertz CT molecular complexity index is 448. The number of carbonyl (C=O) groups is 2. The van der Waals surface area contributed by atoms with E-state index >= 15 is 0 Å². The molecule has 0 spiro atoms. The lowest BCUT2D eigenvalue weighted by molar-refractivity contribution is 0.0961. The van der Waals surface area contributed by atoms with Crippen molar-refractivity contribution in [2.45, 2.75) is 6.42 Å². The minimum Gasteiger partial charge on any atom is -0.411 e. The molecule has 0 heterocycles. The normalized spacial score (nSPS) is 18.4. The summed E-state index contributed by atoms with van der Waals surface area (Å²) in [7, 11) is 0. The van der Waals surface area contributed by atoms with E-state index in [1.54, 1.807) is 24.3 Å². The topological polar surface area (TPSA) is 66.7 Å². The summed E-state index contributed by atoms with van der Waals surface area (Å²) in [5.74, 6) is -0.560. The Morgan fingerprint density at radius 1 is 1.14 bits per heavy atom. The van der Waals surface area contributed by atoms with Gasteiger partial charge in [-0.2, -0.15) is 0 Å². The van der Waals surface area contributed by atoms with Crippen LogP contribution < -0.4 is 0 Å². The van der Waals surface area contributed by atoms with E-state index in [4.69, 9.17) is 5.21 Å². The second-order valence-electron chi connectivity index (χ2n) is 3.02. The number of hydrogen-bond donors (Lipinski definition) is 1. The van der Waals surface area contributed by atoms with Gasteiger partial charge in [0, 0.05) is 11.1 Å². The first-order valence-electron chi connectivity index (χ1n) is 4.12. The van der Waals surface area contributed by atoms with E-state index in [9.17, 15) is 9.59 Å². The van der Waals surface area contributed by atoms with E-state index < -0.39 is 0 Å². The third kappa shape index (κ3) is 1.12. The number of hydrogen-bond acceptors (Lipinski definition) is 4. The van der Waals surface area contributed by atoms with Crippen LogP contribution in [0.2, 0.25) is 0 Å². The van der Waals surface area contributed by atoms with Crippen molar-refractivity contribution in [1.82, 2.24) is 0 Å². The van der Waals surface area contributed by atoms with E-state index in [1.807, 2.05) is 0 Å². The van der Waals surface area contributed by atoms with Crippen molar-refractivity contribution in [3.05, 3.63) is 35.4 Å². The standard InChI is InChI=1S/C10H7NO3/c12-9-5-8(11-14)10(13)7-4-2-1-3-6(7)9/h1-4,14H,5H2. The minimum atomic E-state index is -0.372. The van der Waals surface area contributed by atoms with E-state index in [-0.39, 0.29) is 23.7 Å². The predicted octanol–water partition coefficient (Wildman–Crippen LogP) is 1.29. The largest absolute Gasteiger partial charge is 0.411 e. The van der Waals surface area contributed by atoms with Gasteiger partial charge in [0.05, 0.1) is 6.42 Å². The van der Waals surface area contributed by atoms with Crippen LogP contribution in [-0.2, 0) is 0 Å². The van der Waals surface area contributed by atoms with Crippen LogP contribution in [0.5, 0.6) is 0 Å². The van der Waals surface area contributed by atoms with Gasteiger partial charge in [-0.05, 0) is 0 Å². The van der Waals surface area contributed by atoms with Crippen molar-refractivity contribution in [2.24, 2.45) is 5.16 Å². The molecule has 0 saturated heterocycles. The molecule has 0 radical (unpaired) electrons. The molecule has 0 amide bonds. The molecule has 1 aliphatic rings. The van der Waals surface area contributed by atoms with Crippen LogP contribution in [0.3, 0.4) is 0 Å². The summed E-state index contributed by atoms with van der Waals surface area (Å²) in [5, 5.41) is 11.3. The Morgan fingerprint density at radius 2 is 1.79 bits per heavy atom. The summed E-state index contributed by atoms with van der Waals surface area (Å²) < 4.78 is 0. The fraction of sp³-hybridized carbons (Fsp3) is 0.100. The molecule has 0 fully saturated rings. The van der Waals surface area contributed by atoms with Crippen molar-refractivity contribution in [3.63, 3.8) is 0 Å². The zero-order chi connectivity index (χ0) is 10.1. The number of carbonyl (C=O) groups excluding carboxylic acids is 2. The Labute approximate surface area is 79.9 Å². The monoisotopic (exact) mass is 189 g/mol. The quantitative estimate of drug-likeness (QED) is 0.494. The van der Waals surface area contributed by atoms with Gasteiger partial charge in [-0.3, -0.25) is 9.59 Å². The van der Waals surface area contributed by atoms with Gasteiger partial charge in [-0.25, -0.2) is 0 Å². The number of benzene rings is 1. The predicted molar refractivity (Wildman–Crippen MR) is 48.9 cm³/mol. The number of rotatable bonds is 0. The van der Waals surface area contributed by atoms with Crippen LogP contribution in [0, 0.1) is 0 Å². The average molecular weight is 189 g/mol. The first-order chi connectivity index (χ1) is 6.74. The molecule has 0 aliphatic heterocycles. The van der Waals surface area contributed by atoms with Crippen molar-refractivity contribution < 1.29 is 14.8 Å². The fourth-order valence-corrected chi connectivity index (χ4v) is 1.49. The van der Waals surface area contributed by atoms with Crippen molar-refractivity contribution >= 4 is 17.3 Å². The minimum absolute atomic E-state index is 0.0892. The van der Waals surface area contributed by atoms with E-state index in [1.165, 1.54) is 0 Å². The molecular weight excluding hydrogens is 182 g/mol. The van der Waals surface area contributed by atoms with Crippen molar-refractivity contribution in [3.8, 4) is 0 Å². The number of ketones is 2. The van der Waals surface area contributed by atoms with Crippen LogP contribution in [0.15, 0.2) is 29.4 Å². The van der Waals surface area contributed by atoms with Gasteiger partial charge in [-0.1, -0.05) is 29.4 Å². The second kappa shape index (κ2) is 3.06. The molecule has 0 unspecified atom stereocenters. The number of oxime groups is 1. The summed E-state index contributed by atoms with van der Waals surface area (Å²) in [4.78, 5) is 23.0. The molecule has 70 valence electrons. The fourth-order valence-electron chi connectivity index (χ4n) is 1.49. The highest BCUT2D eigenvalue weighted by Crippen LogP contribution is 2.19. The van der Waals surface area contributed by atoms with Gasteiger partial charge in [0.1, 0.15) is 5.71 Å². The molecule has 1 aliphatic carbocycles. The Morgan fingerprint density at radius 3 is 2.43 bits per heavy atom. The molecule has 0 bridgehead atoms. The molecular formula is C10H7NO3. The summed E-state index contributed by atoms with van der Waals surface area (Å²) >= 11 is 0. The smallest absolute Gasteiger partial charge is 0.211 e. The molecule has 2 rings (SSSR count). The molecule has 0 saturated carbocycles. The summed E-state index contributed by atoms with van der Waals surface area (Å²) in [5.41, 5.74) is 0.634. The molecule has 0 aromatic heterocycles. The van der Waals surface area contributed by atoms with Crippen LogP contribution in [0.4, 0.5) is 0 Å². The molecule has 14 heavy (non-hydrogen) atoms. The van der Waals surface area contributed by atoms with E-state index in [0.29, 0.717) is 11.1 Å². The molecule has 1 aromatic carbocycles. The van der Waals surface area contributed by atoms with Crippen molar-refractivity contribution in [2.75, 3.05) is 0 Å². The van der Waals surface area contributed by atoms with E-state index in [0.717, 1.165) is 0 Å². The molecule has 1 N–H and O–H groups in total. The first kappa shape index (κ1) is 8.62. The van der Waals surface area contributed by atoms with Crippen molar-refractivity contribution in [1.29, 1.82) is 0 Å². The second-order valence-corrected chi connectivity index (χ2v) is 3.02. The van der Waals surface area contributed by atoms with Gasteiger partial charge in [-0.15, -0.1) is 0 Å². The maximum absolute atomic E-state index is 11.6.